The molecule has 0 saturated carbocycles. The molecule has 0 aliphatic carbocycles. The number of hydrogen-bond donors (Lipinski definition) is 3. The summed E-state index contributed by atoms with van der Waals surface area (Å²) in [6.45, 7) is 5.22. The first-order chi connectivity index (χ1) is 7.34. The summed E-state index contributed by atoms with van der Waals surface area (Å²) >= 11 is 0. The molecule has 2 unspecified atom stereocenters. The van der Waals surface area contributed by atoms with Gasteiger partial charge in [0, 0.05) is 6.04 Å². The molecule has 0 aromatic heterocycles. The van der Waals surface area contributed by atoms with Crippen LogP contribution in [0.15, 0.2) is 0 Å². The zero-order valence-electron chi connectivity index (χ0n) is 10.2. The van der Waals surface area contributed by atoms with Crippen molar-refractivity contribution in [2.75, 3.05) is 0 Å². The Morgan fingerprint density at radius 3 is 2.25 bits per heavy atom. The second kappa shape index (κ2) is 7.22. The van der Waals surface area contributed by atoms with Crippen LogP contribution in [0.5, 0.6) is 0 Å². The monoisotopic (exact) mass is 230 g/mol. The minimum Gasteiger partial charge on any atom is -0.481 e. The average molecular weight is 230 g/mol. The lowest BCUT2D eigenvalue weighted by Gasteiger charge is -2.15. The first-order valence-electron chi connectivity index (χ1n) is 5.63. The number of nitrogens with one attached hydrogen (secondary N) is 1. The van der Waals surface area contributed by atoms with Gasteiger partial charge in [-0.1, -0.05) is 13.3 Å². The van der Waals surface area contributed by atoms with Crippen LogP contribution in [-0.2, 0) is 9.59 Å². The smallest absolute Gasteiger partial charge is 0.306 e. The lowest BCUT2D eigenvalue weighted by Crippen LogP contribution is -2.42. The van der Waals surface area contributed by atoms with Crippen LogP contribution in [0.1, 0.15) is 40.0 Å². The van der Waals surface area contributed by atoms with E-state index in [1.54, 1.807) is 13.8 Å². The Morgan fingerprint density at radius 1 is 1.25 bits per heavy atom. The van der Waals surface area contributed by atoms with Gasteiger partial charge in [-0.05, 0) is 26.7 Å². The SMILES string of the molecule is CC(CCCC(C)C(=O)O)NC(=O)[C@H](C)N. The van der Waals surface area contributed by atoms with Crippen LogP contribution in [-0.4, -0.2) is 29.1 Å². The fourth-order valence-electron chi connectivity index (χ4n) is 1.30. The highest BCUT2D eigenvalue weighted by atomic mass is 16.4. The van der Waals surface area contributed by atoms with Gasteiger partial charge in [0.1, 0.15) is 0 Å². The summed E-state index contributed by atoms with van der Waals surface area (Å²) in [5.41, 5.74) is 5.41. The predicted molar refractivity (Wildman–Crippen MR) is 61.9 cm³/mol. The van der Waals surface area contributed by atoms with Crippen LogP contribution in [0.3, 0.4) is 0 Å². The molecule has 0 aliphatic heterocycles. The van der Waals surface area contributed by atoms with Gasteiger partial charge in [-0.3, -0.25) is 9.59 Å². The molecule has 16 heavy (non-hydrogen) atoms. The molecule has 0 fully saturated rings. The van der Waals surface area contributed by atoms with Gasteiger partial charge in [0.2, 0.25) is 5.91 Å². The Balaban J connectivity index is 3.70. The molecule has 0 heterocycles. The topological polar surface area (TPSA) is 92.4 Å². The summed E-state index contributed by atoms with van der Waals surface area (Å²) in [5.74, 6) is -1.26. The van der Waals surface area contributed by atoms with Gasteiger partial charge < -0.3 is 16.2 Å². The lowest BCUT2D eigenvalue weighted by molar-refractivity contribution is -0.141. The number of carboxylic acid groups (broad SMARTS) is 1. The molecule has 4 N–H and O–H groups in total. The van der Waals surface area contributed by atoms with Crippen molar-refractivity contribution in [3.05, 3.63) is 0 Å². The molecule has 0 aliphatic rings. The normalized spacial score (nSPS) is 16.2. The van der Waals surface area contributed by atoms with Crippen molar-refractivity contribution in [2.45, 2.75) is 52.1 Å². The molecule has 5 heteroatoms. The number of aliphatic carboxylic acids is 1. The third kappa shape index (κ3) is 6.40. The van der Waals surface area contributed by atoms with E-state index in [0.29, 0.717) is 6.42 Å². The molecule has 0 saturated heterocycles. The number of carboxylic acids is 1. The Bertz CT molecular complexity index is 241. The van der Waals surface area contributed by atoms with Crippen LogP contribution in [0, 0.1) is 5.92 Å². The third-order valence-electron chi connectivity index (χ3n) is 2.50. The number of carbonyl (C=O) groups is 2. The number of nitrogens with two attached hydrogens (primary N) is 1. The molecule has 94 valence electrons. The fraction of sp³-hybridized carbons (Fsp3) is 0.818. The molecule has 0 aromatic carbocycles. The van der Waals surface area contributed by atoms with E-state index in [1.807, 2.05) is 6.92 Å². The van der Waals surface area contributed by atoms with Crippen LogP contribution in [0.25, 0.3) is 0 Å². The summed E-state index contributed by atoms with van der Waals surface area (Å²) in [6, 6.07) is -0.458. The summed E-state index contributed by atoms with van der Waals surface area (Å²) in [5, 5.41) is 11.5. The highest BCUT2D eigenvalue weighted by Gasteiger charge is 2.13. The minimum absolute atomic E-state index is 0.0412. The number of hydrogen-bond acceptors (Lipinski definition) is 3. The molecular formula is C11H22N2O3. The second-order valence-corrected chi connectivity index (χ2v) is 4.37. The van der Waals surface area contributed by atoms with E-state index in [1.165, 1.54) is 0 Å². The summed E-state index contributed by atoms with van der Waals surface area (Å²) in [6.07, 6.45) is 2.19. The van der Waals surface area contributed by atoms with E-state index in [4.69, 9.17) is 10.8 Å². The van der Waals surface area contributed by atoms with E-state index in [-0.39, 0.29) is 17.9 Å². The molecule has 0 rings (SSSR count). The van der Waals surface area contributed by atoms with E-state index in [0.717, 1.165) is 12.8 Å². The van der Waals surface area contributed by atoms with Gasteiger partial charge in [-0.2, -0.15) is 0 Å². The van der Waals surface area contributed by atoms with E-state index in [9.17, 15) is 9.59 Å². The highest BCUT2D eigenvalue weighted by Crippen LogP contribution is 2.09. The predicted octanol–water partition coefficient (Wildman–Crippen LogP) is 0.729. The third-order valence-corrected chi connectivity index (χ3v) is 2.50. The molecule has 0 bridgehead atoms. The van der Waals surface area contributed by atoms with Crippen molar-refractivity contribution in [3.8, 4) is 0 Å². The average Bonchev–Trinajstić information content (AvgIpc) is 2.16. The van der Waals surface area contributed by atoms with Crippen LogP contribution >= 0.6 is 0 Å². The fourth-order valence-corrected chi connectivity index (χ4v) is 1.30. The van der Waals surface area contributed by atoms with E-state index >= 15 is 0 Å². The van der Waals surface area contributed by atoms with Gasteiger partial charge in [0.25, 0.3) is 0 Å². The molecule has 0 radical (unpaired) electrons. The van der Waals surface area contributed by atoms with E-state index < -0.39 is 12.0 Å². The van der Waals surface area contributed by atoms with Crippen molar-refractivity contribution >= 4 is 11.9 Å². The van der Waals surface area contributed by atoms with Crippen LogP contribution in [0.2, 0.25) is 0 Å². The van der Waals surface area contributed by atoms with Crippen molar-refractivity contribution in [2.24, 2.45) is 11.7 Å². The quantitative estimate of drug-likeness (QED) is 0.601. The first kappa shape index (κ1) is 14.9. The first-order valence-corrected chi connectivity index (χ1v) is 5.63. The molecular weight excluding hydrogens is 208 g/mol. The Labute approximate surface area is 96.4 Å². The van der Waals surface area contributed by atoms with Gasteiger partial charge in [-0.25, -0.2) is 0 Å². The van der Waals surface area contributed by atoms with Gasteiger partial charge in [0.05, 0.1) is 12.0 Å². The zero-order valence-corrected chi connectivity index (χ0v) is 10.2. The molecule has 1 amide bonds. The Hall–Kier alpha value is -1.10. The molecule has 0 spiro atoms. The van der Waals surface area contributed by atoms with Gasteiger partial charge >= 0.3 is 5.97 Å². The zero-order chi connectivity index (χ0) is 12.7. The standard InChI is InChI=1S/C11H22N2O3/c1-7(11(15)16)5-4-6-8(2)13-10(14)9(3)12/h7-9H,4-6,12H2,1-3H3,(H,13,14)(H,15,16)/t7?,8?,9-/m0/s1. The van der Waals surface area contributed by atoms with Gasteiger partial charge in [0.15, 0.2) is 0 Å². The molecule has 0 aromatic rings. The number of rotatable bonds is 7. The Kier molecular flexibility index (Phi) is 6.72. The largest absolute Gasteiger partial charge is 0.481 e. The van der Waals surface area contributed by atoms with Crippen LogP contribution in [0.4, 0.5) is 0 Å². The van der Waals surface area contributed by atoms with Crippen molar-refractivity contribution in [3.63, 3.8) is 0 Å². The number of carbonyl (C=O) groups excluding carboxylic acids is 1. The Morgan fingerprint density at radius 2 is 1.81 bits per heavy atom. The van der Waals surface area contributed by atoms with Crippen LogP contribution < -0.4 is 11.1 Å². The summed E-state index contributed by atoms with van der Waals surface area (Å²) in [7, 11) is 0. The maximum atomic E-state index is 11.2. The highest BCUT2D eigenvalue weighted by molar-refractivity contribution is 5.81. The van der Waals surface area contributed by atoms with Crippen molar-refractivity contribution in [1.29, 1.82) is 0 Å². The minimum atomic E-state index is -0.771. The second-order valence-electron chi connectivity index (χ2n) is 4.37. The maximum Gasteiger partial charge on any atom is 0.306 e. The van der Waals surface area contributed by atoms with Gasteiger partial charge in [-0.15, -0.1) is 0 Å². The molecule has 3 atom stereocenters. The van der Waals surface area contributed by atoms with E-state index in [2.05, 4.69) is 5.32 Å². The maximum absolute atomic E-state index is 11.2. The van der Waals surface area contributed by atoms with Crippen molar-refractivity contribution in [1.82, 2.24) is 5.32 Å². The summed E-state index contributed by atoms with van der Waals surface area (Å²) in [4.78, 5) is 21.8. The lowest BCUT2D eigenvalue weighted by atomic mass is 10.0. The summed E-state index contributed by atoms with van der Waals surface area (Å²) < 4.78 is 0. The molecule has 5 nitrogen and oxygen atoms in total. The number of amides is 1. The van der Waals surface area contributed by atoms with Crippen molar-refractivity contribution < 1.29 is 14.7 Å².